The molecule has 1 N–H and O–H groups in total. The van der Waals surface area contributed by atoms with Crippen LogP contribution in [0.1, 0.15) is 32.1 Å². The van der Waals surface area contributed by atoms with Crippen LogP contribution in [0.2, 0.25) is 0 Å². The van der Waals surface area contributed by atoms with Gasteiger partial charge in [0.15, 0.2) is 5.96 Å². The maximum Gasteiger partial charge on any atom is 0.225 e. The number of halogens is 1. The van der Waals surface area contributed by atoms with Crippen molar-refractivity contribution in [2.75, 3.05) is 73.1 Å². The SMILES string of the molecule is CN=C(NCCN1CCN(C(=O)C2CCCC2)CC1)N(C)CC1CCOC1.I. The van der Waals surface area contributed by atoms with Crippen LogP contribution in [0.25, 0.3) is 0 Å². The molecule has 162 valence electrons. The van der Waals surface area contributed by atoms with Gasteiger partial charge in [-0.25, -0.2) is 0 Å². The van der Waals surface area contributed by atoms with E-state index >= 15 is 0 Å². The van der Waals surface area contributed by atoms with Gasteiger partial charge < -0.3 is 19.9 Å². The zero-order valence-electron chi connectivity index (χ0n) is 17.6. The standard InChI is InChI=1S/C20H37N5O2.HI/c1-21-20(23(2)15-17-7-14-27-16-17)22-8-9-24-10-12-25(13-11-24)19(26)18-5-3-4-6-18;/h17-18H,3-16H2,1-2H3,(H,21,22);1H. The van der Waals surface area contributed by atoms with Gasteiger partial charge in [-0.1, -0.05) is 12.8 Å². The van der Waals surface area contributed by atoms with Crippen molar-refractivity contribution in [3.63, 3.8) is 0 Å². The highest BCUT2D eigenvalue weighted by Gasteiger charge is 2.29. The molecule has 0 aromatic rings. The first-order valence-electron chi connectivity index (χ1n) is 10.7. The fourth-order valence-electron chi connectivity index (χ4n) is 4.53. The normalized spacial score (nSPS) is 24.3. The van der Waals surface area contributed by atoms with E-state index in [1.54, 1.807) is 0 Å². The molecule has 3 aliphatic rings. The van der Waals surface area contributed by atoms with Gasteiger partial charge in [-0.3, -0.25) is 14.7 Å². The lowest BCUT2D eigenvalue weighted by atomic mass is 10.1. The van der Waals surface area contributed by atoms with E-state index in [9.17, 15) is 4.79 Å². The molecule has 1 aliphatic carbocycles. The highest BCUT2D eigenvalue weighted by Crippen LogP contribution is 2.26. The second-order valence-electron chi connectivity index (χ2n) is 8.23. The molecule has 0 bridgehead atoms. The van der Waals surface area contributed by atoms with Gasteiger partial charge in [-0.2, -0.15) is 0 Å². The number of rotatable bonds is 6. The van der Waals surface area contributed by atoms with Gasteiger partial charge in [0.25, 0.3) is 0 Å². The van der Waals surface area contributed by atoms with Crippen molar-refractivity contribution in [1.29, 1.82) is 0 Å². The summed E-state index contributed by atoms with van der Waals surface area (Å²) in [6, 6.07) is 0. The van der Waals surface area contributed by atoms with Crippen molar-refractivity contribution in [3.8, 4) is 0 Å². The molecular weight excluding hydrogens is 469 g/mol. The minimum absolute atomic E-state index is 0. The molecule has 2 aliphatic heterocycles. The molecule has 3 rings (SSSR count). The minimum atomic E-state index is 0. The van der Waals surface area contributed by atoms with Crippen molar-refractivity contribution in [2.45, 2.75) is 32.1 Å². The molecule has 1 unspecified atom stereocenters. The zero-order chi connectivity index (χ0) is 19.1. The zero-order valence-corrected chi connectivity index (χ0v) is 19.9. The monoisotopic (exact) mass is 507 g/mol. The lowest BCUT2D eigenvalue weighted by Gasteiger charge is -2.36. The summed E-state index contributed by atoms with van der Waals surface area (Å²) in [5.41, 5.74) is 0. The average Bonchev–Trinajstić information content (AvgIpc) is 3.39. The number of amides is 1. The molecule has 0 aromatic heterocycles. The first-order valence-corrected chi connectivity index (χ1v) is 10.7. The minimum Gasteiger partial charge on any atom is -0.381 e. The van der Waals surface area contributed by atoms with Crippen LogP contribution in [-0.4, -0.2) is 99.7 Å². The van der Waals surface area contributed by atoms with Crippen LogP contribution < -0.4 is 5.32 Å². The highest BCUT2D eigenvalue weighted by atomic mass is 127. The van der Waals surface area contributed by atoms with Crippen molar-refractivity contribution in [2.24, 2.45) is 16.8 Å². The van der Waals surface area contributed by atoms with Crippen LogP contribution in [0.15, 0.2) is 4.99 Å². The van der Waals surface area contributed by atoms with Gasteiger partial charge in [0.1, 0.15) is 0 Å². The van der Waals surface area contributed by atoms with Gasteiger partial charge in [0, 0.05) is 78.4 Å². The van der Waals surface area contributed by atoms with Crippen molar-refractivity contribution < 1.29 is 9.53 Å². The number of nitrogens with zero attached hydrogens (tertiary/aromatic N) is 4. The number of carbonyl (C=O) groups is 1. The highest BCUT2D eigenvalue weighted by molar-refractivity contribution is 14.0. The Morgan fingerprint density at radius 1 is 1.18 bits per heavy atom. The van der Waals surface area contributed by atoms with E-state index in [0.29, 0.717) is 17.7 Å². The van der Waals surface area contributed by atoms with E-state index in [4.69, 9.17) is 4.74 Å². The van der Waals surface area contributed by atoms with Crippen LogP contribution in [0.3, 0.4) is 0 Å². The Hall–Kier alpha value is -0.610. The Bertz CT molecular complexity index is 499. The van der Waals surface area contributed by atoms with Gasteiger partial charge in [-0.15, -0.1) is 24.0 Å². The molecule has 2 saturated heterocycles. The maximum atomic E-state index is 12.5. The number of aliphatic imine (C=N–C) groups is 1. The molecule has 2 heterocycles. The summed E-state index contributed by atoms with van der Waals surface area (Å²) in [4.78, 5) is 23.7. The smallest absolute Gasteiger partial charge is 0.225 e. The topological polar surface area (TPSA) is 60.4 Å². The number of guanidine groups is 1. The maximum absolute atomic E-state index is 12.5. The average molecular weight is 507 g/mol. The number of hydrogen-bond acceptors (Lipinski definition) is 4. The third-order valence-corrected chi connectivity index (χ3v) is 6.23. The van der Waals surface area contributed by atoms with E-state index in [2.05, 4.69) is 32.1 Å². The third kappa shape index (κ3) is 6.73. The lowest BCUT2D eigenvalue weighted by molar-refractivity contribution is -0.137. The van der Waals surface area contributed by atoms with Gasteiger partial charge >= 0.3 is 0 Å². The summed E-state index contributed by atoms with van der Waals surface area (Å²) in [5.74, 6) is 2.28. The Morgan fingerprint density at radius 3 is 2.50 bits per heavy atom. The quantitative estimate of drug-likeness (QED) is 0.336. The number of carbonyl (C=O) groups excluding carboxylic acids is 1. The van der Waals surface area contributed by atoms with Crippen LogP contribution in [0.5, 0.6) is 0 Å². The summed E-state index contributed by atoms with van der Waals surface area (Å²) in [6.45, 7) is 8.34. The third-order valence-electron chi connectivity index (χ3n) is 6.23. The summed E-state index contributed by atoms with van der Waals surface area (Å²) in [7, 11) is 3.94. The molecule has 0 radical (unpaired) electrons. The molecule has 0 aromatic carbocycles. The predicted molar refractivity (Wildman–Crippen MR) is 123 cm³/mol. The molecule has 1 saturated carbocycles. The Morgan fingerprint density at radius 2 is 1.89 bits per heavy atom. The van der Waals surface area contributed by atoms with E-state index < -0.39 is 0 Å². The number of nitrogens with one attached hydrogen (secondary N) is 1. The first kappa shape index (κ1) is 23.7. The Balaban J connectivity index is 0.00000280. The van der Waals surface area contributed by atoms with Crippen LogP contribution >= 0.6 is 24.0 Å². The second kappa shape index (κ2) is 12.2. The fraction of sp³-hybridized carbons (Fsp3) is 0.900. The summed E-state index contributed by atoms with van der Waals surface area (Å²) in [5, 5.41) is 3.48. The second-order valence-corrected chi connectivity index (χ2v) is 8.23. The fourth-order valence-corrected chi connectivity index (χ4v) is 4.53. The molecule has 28 heavy (non-hydrogen) atoms. The lowest BCUT2D eigenvalue weighted by Crippen LogP contribution is -2.52. The van der Waals surface area contributed by atoms with Gasteiger partial charge in [0.2, 0.25) is 5.91 Å². The van der Waals surface area contributed by atoms with E-state index in [0.717, 1.165) is 84.2 Å². The van der Waals surface area contributed by atoms with E-state index in [1.165, 1.54) is 12.8 Å². The number of piperazine rings is 1. The molecule has 8 heteroatoms. The summed E-state index contributed by atoms with van der Waals surface area (Å²) < 4.78 is 5.47. The van der Waals surface area contributed by atoms with E-state index in [-0.39, 0.29) is 24.0 Å². The number of ether oxygens (including phenoxy) is 1. The largest absolute Gasteiger partial charge is 0.381 e. The molecule has 3 fully saturated rings. The molecule has 1 atom stereocenters. The number of hydrogen-bond donors (Lipinski definition) is 1. The van der Waals surface area contributed by atoms with E-state index in [1.807, 2.05) is 7.05 Å². The Kier molecular flexibility index (Phi) is 10.3. The van der Waals surface area contributed by atoms with Crippen LogP contribution in [-0.2, 0) is 9.53 Å². The van der Waals surface area contributed by atoms with Crippen molar-refractivity contribution in [3.05, 3.63) is 0 Å². The molecular formula is C20H38IN5O2. The van der Waals surface area contributed by atoms with Crippen molar-refractivity contribution >= 4 is 35.8 Å². The molecule has 0 spiro atoms. The Labute approximate surface area is 187 Å². The van der Waals surface area contributed by atoms with Crippen molar-refractivity contribution in [1.82, 2.24) is 20.0 Å². The van der Waals surface area contributed by atoms with Gasteiger partial charge in [0.05, 0.1) is 6.61 Å². The van der Waals surface area contributed by atoms with Gasteiger partial charge in [-0.05, 0) is 19.3 Å². The van der Waals surface area contributed by atoms with Crippen LogP contribution in [0.4, 0.5) is 0 Å². The van der Waals surface area contributed by atoms with Crippen LogP contribution in [0, 0.1) is 11.8 Å². The predicted octanol–water partition coefficient (Wildman–Crippen LogP) is 1.48. The first-order chi connectivity index (χ1) is 13.2. The summed E-state index contributed by atoms with van der Waals surface area (Å²) >= 11 is 0. The summed E-state index contributed by atoms with van der Waals surface area (Å²) in [6.07, 6.45) is 5.80. The molecule has 1 amide bonds. The molecule has 7 nitrogen and oxygen atoms in total.